The van der Waals surface area contributed by atoms with Gasteiger partial charge < -0.3 is 20.6 Å². The van der Waals surface area contributed by atoms with Crippen LogP contribution in [0.5, 0.6) is 0 Å². The molecular weight excluding hydrogens is 312 g/mol. The first kappa shape index (κ1) is 22.2. The predicted molar refractivity (Wildman–Crippen MR) is 108 cm³/mol. The highest BCUT2D eigenvalue weighted by atomic mass is 16.3. The molecule has 5 nitrogen and oxygen atoms in total. The lowest BCUT2D eigenvalue weighted by Crippen LogP contribution is -2.40. The highest BCUT2D eigenvalue weighted by Gasteiger charge is 2.17. The van der Waals surface area contributed by atoms with Crippen molar-refractivity contribution in [2.75, 3.05) is 39.8 Å². The zero-order valence-electron chi connectivity index (χ0n) is 16.9. The minimum absolute atomic E-state index is 0.262. The molecule has 148 valence electrons. The third-order valence-corrected chi connectivity index (χ3v) is 5.26. The molecule has 0 aromatic heterocycles. The Labute approximate surface area is 155 Å². The number of aliphatic hydroxyl groups excluding tert-OH is 1. The smallest absolute Gasteiger partial charge is 0.191 e. The predicted octanol–water partition coefficient (Wildman–Crippen LogP) is 2.99. The maximum atomic E-state index is 9.18. The molecule has 1 aliphatic rings. The Morgan fingerprint density at radius 1 is 1.16 bits per heavy atom. The fourth-order valence-corrected chi connectivity index (χ4v) is 3.72. The maximum absolute atomic E-state index is 9.18. The molecule has 25 heavy (non-hydrogen) atoms. The van der Waals surface area contributed by atoms with E-state index < -0.39 is 0 Å². The standard InChI is InChI=1S/C20H42N4O/c1-4-10-18(13-16-25)17-23-20(21-5-2)22-14-9-15-24(3)19-11-7-6-8-12-19/h18-19,25H,4-17H2,1-3H3,(H2,21,22,23). The van der Waals surface area contributed by atoms with Gasteiger partial charge in [-0.05, 0) is 58.5 Å². The first-order valence-electron chi connectivity index (χ1n) is 10.5. The average molecular weight is 355 g/mol. The third kappa shape index (κ3) is 10.0. The number of nitrogens with zero attached hydrogens (tertiary/aromatic N) is 2. The first-order valence-corrected chi connectivity index (χ1v) is 10.5. The summed E-state index contributed by atoms with van der Waals surface area (Å²) in [5, 5.41) is 16.0. The molecule has 1 unspecified atom stereocenters. The van der Waals surface area contributed by atoms with Crippen LogP contribution in [0.4, 0.5) is 0 Å². The van der Waals surface area contributed by atoms with Gasteiger partial charge in [0.15, 0.2) is 5.96 Å². The summed E-state index contributed by atoms with van der Waals surface area (Å²) in [6, 6.07) is 0.795. The molecule has 3 N–H and O–H groups in total. The minimum Gasteiger partial charge on any atom is -0.396 e. The van der Waals surface area contributed by atoms with Crippen molar-refractivity contribution in [2.24, 2.45) is 10.9 Å². The van der Waals surface area contributed by atoms with Crippen molar-refractivity contribution < 1.29 is 5.11 Å². The summed E-state index contributed by atoms with van der Waals surface area (Å²) in [7, 11) is 2.28. The van der Waals surface area contributed by atoms with Crippen molar-refractivity contribution >= 4 is 5.96 Å². The first-order chi connectivity index (χ1) is 12.2. The van der Waals surface area contributed by atoms with Crippen LogP contribution in [0.1, 0.15) is 71.6 Å². The van der Waals surface area contributed by atoms with Gasteiger partial charge in [0.25, 0.3) is 0 Å². The molecule has 0 amide bonds. The molecule has 0 spiro atoms. The molecule has 1 saturated carbocycles. The lowest BCUT2D eigenvalue weighted by atomic mass is 9.94. The van der Waals surface area contributed by atoms with Gasteiger partial charge in [0, 0.05) is 32.3 Å². The molecule has 0 heterocycles. The van der Waals surface area contributed by atoms with Gasteiger partial charge in [0.2, 0.25) is 0 Å². The van der Waals surface area contributed by atoms with Crippen LogP contribution in [-0.4, -0.2) is 61.8 Å². The van der Waals surface area contributed by atoms with E-state index in [2.05, 4.69) is 36.4 Å². The number of nitrogens with one attached hydrogen (secondary N) is 2. The van der Waals surface area contributed by atoms with E-state index in [1.807, 2.05) is 0 Å². The number of guanidine groups is 1. The van der Waals surface area contributed by atoms with Gasteiger partial charge >= 0.3 is 0 Å². The van der Waals surface area contributed by atoms with Crippen LogP contribution in [0, 0.1) is 5.92 Å². The number of aliphatic hydroxyl groups is 1. The Kier molecular flexibility index (Phi) is 12.8. The van der Waals surface area contributed by atoms with E-state index in [1.165, 1.54) is 32.1 Å². The van der Waals surface area contributed by atoms with Gasteiger partial charge in [-0.1, -0.05) is 32.6 Å². The number of rotatable bonds is 12. The van der Waals surface area contributed by atoms with Gasteiger partial charge in [-0.25, -0.2) is 0 Å². The summed E-state index contributed by atoms with van der Waals surface area (Å²) < 4.78 is 0. The van der Waals surface area contributed by atoms with Crippen LogP contribution < -0.4 is 10.6 Å². The Bertz CT molecular complexity index is 337. The Morgan fingerprint density at radius 2 is 1.92 bits per heavy atom. The lowest BCUT2D eigenvalue weighted by molar-refractivity contribution is 0.190. The van der Waals surface area contributed by atoms with E-state index in [9.17, 15) is 5.11 Å². The SMILES string of the molecule is CCCC(CCO)CN=C(NCC)NCCCN(C)C1CCCCC1. The fourth-order valence-electron chi connectivity index (χ4n) is 3.72. The molecule has 1 rings (SSSR count). The van der Waals surface area contributed by atoms with Crippen molar-refractivity contribution in [3.05, 3.63) is 0 Å². The van der Waals surface area contributed by atoms with Crippen LogP contribution in [0.2, 0.25) is 0 Å². The highest BCUT2D eigenvalue weighted by Crippen LogP contribution is 2.21. The second-order valence-electron chi connectivity index (χ2n) is 7.44. The lowest BCUT2D eigenvalue weighted by Gasteiger charge is -2.31. The van der Waals surface area contributed by atoms with Gasteiger partial charge in [-0.3, -0.25) is 4.99 Å². The number of aliphatic imine (C=N–C) groups is 1. The minimum atomic E-state index is 0.262. The molecule has 0 radical (unpaired) electrons. The van der Waals surface area contributed by atoms with Crippen LogP contribution in [-0.2, 0) is 0 Å². The molecule has 0 saturated heterocycles. The van der Waals surface area contributed by atoms with Crippen LogP contribution in [0.25, 0.3) is 0 Å². The topological polar surface area (TPSA) is 59.9 Å². The van der Waals surface area contributed by atoms with E-state index in [1.54, 1.807) is 0 Å². The fraction of sp³-hybridized carbons (Fsp3) is 0.950. The van der Waals surface area contributed by atoms with Crippen LogP contribution in [0.15, 0.2) is 4.99 Å². The molecule has 0 aromatic carbocycles. The molecule has 1 atom stereocenters. The monoisotopic (exact) mass is 354 g/mol. The molecular formula is C20H42N4O. The normalized spacial score (nSPS) is 17.7. The second kappa shape index (κ2) is 14.4. The highest BCUT2D eigenvalue weighted by molar-refractivity contribution is 5.79. The number of hydrogen-bond donors (Lipinski definition) is 3. The average Bonchev–Trinajstić information content (AvgIpc) is 2.63. The zero-order chi connectivity index (χ0) is 18.3. The zero-order valence-corrected chi connectivity index (χ0v) is 16.9. The summed E-state index contributed by atoms with van der Waals surface area (Å²) in [5.41, 5.74) is 0. The summed E-state index contributed by atoms with van der Waals surface area (Å²) in [6.45, 7) is 8.35. The quantitative estimate of drug-likeness (QED) is 0.286. The summed E-state index contributed by atoms with van der Waals surface area (Å²) in [5.74, 6) is 1.41. The van der Waals surface area contributed by atoms with Crippen molar-refractivity contribution in [3.63, 3.8) is 0 Å². The summed E-state index contributed by atoms with van der Waals surface area (Å²) in [6.07, 6.45) is 11.2. The Morgan fingerprint density at radius 3 is 2.56 bits per heavy atom. The molecule has 1 aliphatic carbocycles. The molecule has 1 fully saturated rings. The van der Waals surface area contributed by atoms with Crippen molar-refractivity contribution in [2.45, 2.75) is 77.7 Å². The van der Waals surface area contributed by atoms with Crippen molar-refractivity contribution in [1.82, 2.24) is 15.5 Å². The maximum Gasteiger partial charge on any atom is 0.191 e. The van der Waals surface area contributed by atoms with Gasteiger partial charge in [-0.2, -0.15) is 0 Å². The second-order valence-corrected chi connectivity index (χ2v) is 7.44. The van der Waals surface area contributed by atoms with E-state index in [0.717, 1.165) is 63.9 Å². The third-order valence-electron chi connectivity index (χ3n) is 5.26. The molecule has 0 bridgehead atoms. The molecule has 0 aromatic rings. The van der Waals surface area contributed by atoms with Crippen LogP contribution in [0.3, 0.4) is 0 Å². The summed E-state index contributed by atoms with van der Waals surface area (Å²) in [4.78, 5) is 7.27. The van der Waals surface area contributed by atoms with E-state index in [0.29, 0.717) is 5.92 Å². The van der Waals surface area contributed by atoms with Crippen molar-refractivity contribution in [1.29, 1.82) is 0 Å². The summed E-state index contributed by atoms with van der Waals surface area (Å²) >= 11 is 0. The van der Waals surface area contributed by atoms with E-state index in [-0.39, 0.29) is 6.61 Å². The van der Waals surface area contributed by atoms with Gasteiger partial charge in [0.1, 0.15) is 0 Å². The Hall–Kier alpha value is -0.810. The van der Waals surface area contributed by atoms with E-state index in [4.69, 9.17) is 4.99 Å². The van der Waals surface area contributed by atoms with Gasteiger partial charge in [0.05, 0.1) is 0 Å². The van der Waals surface area contributed by atoms with Crippen LogP contribution >= 0.6 is 0 Å². The Balaban J connectivity index is 2.29. The molecule has 5 heteroatoms. The van der Waals surface area contributed by atoms with Gasteiger partial charge in [-0.15, -0.1) is 0 Å². The van der Waals surface area contributed by atoms with Crippen molar-refractivity contribution in [3.8, 4) is 0 Å². The van der Waals surface area contributed by atoms with E-state index >= 15 is 0 Å². The molecule has 0 aliphatic heterocycles. The largest absolute Gasteiger partial charge is 0.396 e. The number of hydrogen-bond acceptors (Lipinski definition) is 3.